The lowest BCUT2D eigenvalue weighted by Gasteiger charge is -2.26. The van der Waals surface area contributed by atoms with Gasteiger partial charge in [0.1, 0.15) is 5.78 Å². The van der Waals surface area contributed by atoms with E-state index in [1.165, 1.54) is 66.9 Å². The smallest absolute Gasteiger partial charge is 0.338 e. The van der Waals surface area contributed by atoms with Gasteiger partial charge < -0.3 is 9.30 Å². The quantitative estimate of drug-likeness (QED) is 0.563. The number of esters is 1. The lowest BCUT2D eigenvalue weighted by molar-refractivity contribution is -0.135. The van der Waals surface area contributed by atoms with E-state index in [0.717, 1.165) is 17.6 Å². The molecule has 32 heavy (non-hydrogen) atoms. The van der Waals surface area contributed by atoms with Crippen LogP contribution in [0.15, 0.2) is 58.7 Å². The number of carbonyl (C=O) groups excluding carboxylic acids is 2. The maximum Gasteiger partial charge on any atom is 0.338 e. The molecule has 4 aliphatic rings. The van der Waals surface area contributed by atoms with Crippen LogP contribution < -0.4 is 0 Å². The Morgan fingerprint density at radius 1 is 1.09 bits per heavy atom. The number of nitrogens with zero attached hydrogens (tertiary/aromatic N) is 1. The number of methoxy groups -OCH3 is 1. The highest BCUT2D eigenvalue weighted by Crippen LogP contribution is 2.48. The van der Waals surface area contributed by atoms with Gasteiger partial charge in [-0.15, -0.1) is 0 Å². The Balaban J connectivity index is 1.60. The zero-order chi connectivity index (χ0) is 21.8. The molecule has 2 fully saturated rings. The summed E-state index contributed by atoms with van der Waals surface area (Å²) >= 11 is 0. The summed E-state index contributed by atoms with van der Waals surface area (Å²) in [6, 6.07) is 9.02. The molecule has 3 aliphatic carbocycles. The standard InChI is InChI=1S/C28H29NO3/c1-32-28(31)23-13-12-22-21-11-10-19(30)15-24(21)26-14-18-8-5-9-20(17-6-3-2-4-7-17)27(18)29(26)16-25(22)23/h5,8-9,12-14,17,24H,2-4,6-7,10-11,15-16H2,1H3. The van der Waals surface area contributed by atoms with Crippen LogP contribution in [0.4, 0.5) is 0 Å². The molecular formula is C28H29NO3. The first kappa shape index (κ1) is 19.8. The first-order valence-corrected chi connectivity index (χ1v) is 12.0. The van der Waals surface area contributed by atoms with Gasteiger partial charge in [-0.2, -0.15) is 0 Å². The summed E-state index contributed by atoms with van der Waals surface area (Å²) in [5.74, 6) is 0.747. The molecule has 0 radical (unpaired) electrons. The van der Waals surface area contributed by atoms with Crippen LogP contribution in [0.3, 0.4) is 0 Å². The van der Waals surface area contributed by atoms with Crippen LogP contribution in [-0.4, -0.2) is 23.4 Å². The van der Waals surface area contributed by atoms with Gasteiger partial charge >= 0.3 is 5.97 Å². The Hall–Kier alpha value is -2.88. The van der Waals surface area contributed by atoms with Crippen molar-refractivity contribution in [3.05, 3.63) is 70.0 Å². The molecule has 164 valence electrons. The van der Waals surface area contributed by atoms with E-state index in [2.05, 4.69) is 34.9 Å². The predicted octanol–water partition coefficient (Wildman–Crippen LogP) is 5.88. The maximum atomic E-state index is 12.6. The lowest BCUT2D eigenvalue weighted by Crippen LogP contribution is -2.18. The summed E-state index contributed by atoms with van der Waals surface area (Å²) in [6.07, 6.45) is 12.3. The highest BCUT2D eigenvalue weighted by molar-refractivity contribution is 5.96. The number of ether oxygens (including phenoxy) is 1. The van der Waals surface area contributed by atoms with E-state index in [1.54, 1.807) is 0 Å². The second kappa shape index (κ2) is 7.61. The molecule has 0 spiro atoms. The molecule has 1 aliphatic heterocycles. The number of carbonyl (C=O) groups is 2. The Kier molecular flexibility index (Phi) is 4.71. The zero-order valence-electron chi connectivity index (χ0n) is 18.7. The fourth-order valence-electron chi connectivity index (χ4n) is 6.53. The summed E-state index contributed by atoms with van der Waals surface area (Å²) < 4.78 is 7.55. The Morgan fingerprint density at radius 3 is 2.75 bits per heavy atom. The third kappa shape index (κ3) is 2.96. The molecule has 1 aromatic carbocycles. The number of rotatable bonds is 2. The summed E-state index contributed by atoms with van der Waals surface area (Å²) in [5.41, 5.74) is 8.17. The molecule has 1 atom stereocenters. The summed E-state index contributed by atoms with van der Waals surface area (Å²) in [7, 11) is 1.45. The van der Waals surface area contributed by atoms with Crippen LogP contribution in [0.1, 0.15) is 74.5 Å². The molecule has 6 rings (SSSR count). The van der Waals surface area contributed by atoms with E-state index in [-0.39, 0.29) is 11.9 Å². The van der Waals surface area contributed by atoms with E-state index in [0.29, 0.717) is 36.7 Å². The van der Waals surface area contributed by atoms with E-state index in [1.807, 2.05) is 6.08 Å². The van der Waals surface area contributed by atoms with Crippen molar-refractivity contribution in [2.75, 3.05) is 7.11 Å². The second-order valence-corrected chi connectivity index (χ2v) is 9.73. The topological polar surface area (TPSA) is 48.3 Å². The fraction of sp³-hybridized carbons (Fsp3) is 0.429. The molecule has 2 saturated carbocycles. The Labute approximate surface area is 188 Å². The molecule has 0 bridgehead atoms. The van der Waals surface area contributed by atoms with Gasteiger partial charge in [-0.05, 0) is 54.0 Å². The molecule has 2 aromatic rings. The summed E-state index contributed by atoms with van der Waals surface area (Å²) in [5, 5.41) is 1.26. The van der Waals surface area contributed by atoms with Crippen molar-refractivity contribution in [2.24, 2.45) is 0 Å². The van der Waals surface area contributed by atoms with Crippen LogP contribution in [0.25, 0.3) is 10.9 Å². The third-order valence-electron chi connectivity index (χ3n) is 8.05. The van der Waals surface area contributed by atoms with Crippen molar-refractivity contribution in [2.45, 2.75) is 69.7 Å². The van der Waals surface area contributed by atoms with E-state index < -0.39 is 0 Å². The fourth-order valence-corrected chi connectivity index (χ4v) is 6.53. The van der Waals surface area contributed by atoms with Gasteiger partial charge in [0, 0.05) is 36.4 Å². The number of allylic oxidation sites excluding steroid dienone is 4. The molecule has 2 heterocycles. The van der Waals surface area contributed by atoms with E-state index in [4.69, 9.17) is 4.74 Å². The van der Waals surface area contributed by atoms with Gasteiger partial charge in [-0.3, -0.25) is 4.79 Å². The number of fused-ring (bicyclic) bond motifs is 6. The normalized spacial score (nSPS) is 23.3. The van der Waals surface area contributed by atoms with E-state index >= 15 is 0 Å². The summed E-state index contributed by atoms with van der Waals surface area (Å²) in [6.45, 7) is 0.656. The molecule has 4 heteroatoms. The molecule has 0 N–H and O–H groups in total. The van der Waals surface area contributed by atoms with Gasteiger partial charge in [-0.1, -0.05) is 49.1 Å². The van der Waals surface area contributed by atoms with Gasteiger partial charge in [0.05, 0.1) is 18.2 Å². The van der Waals surface area contributed by atoms with Crippen molar-refractivity contribution in [1.82, 2.24) is 4.57 Å². The SMILES string of the molecule is COC(=O)C1=C2Cn3c(cc4cccc(C5CCCCC5)c43)C3CC(=O)CCC3=C2C=C1. The predicted molar refractivity (Wildman–Crippen MR) is 125 cm³/mol. The van der Waals surface area contributed by atoms with Crippen molar-refractivity contribution in [3.8, 4) is 0 Å². The largest absolute Gasteiger partial charge is 0.465 e. The van der Waals surface area contributed by atoms with Gasteiger partial charge in [0.15, 0.2) is 0 Å². The van der Waals surface area contributed by atoms with Gasteiger partial charge in [0.2, 0.25) is 0 Å². The van der Waals surface area contributed by atoms with Crippen molar-refractivity contribution in [3.63, 3.8) is 0 Å². The van der Waals surface area contributed by atoms with E-state index in [9.17, 15) is 9.59 Å². The molecule has 4 nitrogen and oxygen atoms in total. The lowest BCUT2D eigenvalue weighted by atomic mass is 9.78. The number of aromatic nitrogens is 1. The number of Topliss-reactive ketones (excluding diaryl/α,β-unsaturated/α-hetero) is 1. The van der Waals surface area contributed by atoms with Crippen LogP contribution in [0.5, 0.6) is 0 Å². The monoisotopic (exact) mass is 427 g/mol. The van der Waals surface area contributed by atoms with Crippen LogP contribution in [0.2, 0.25) is 0 Å². The van der Waals surface area contributed by atoms with Gasteiger partial charge in [0.25, 0.3) is 0 Å². The van der Waals surface area contributed by atoms with Crippen molar-refractivity contribution in [1.29, 1.82) is 0 Å². The number of hydrogen-bond donors (Lipinski definition) is 0. The summed E-state index contributed by atoms with van der Waals surface area (Å²) in [4.78, 5) is 25.1. The minimum Gasteiger partial charge on any atom is -0.465 e. The highest BCUT2D eigenvalue weighted by Gasteiger charge is 2.37. The van der Waals surface area contributed by atoms with Gasteiger partial charge in [-0.25, -0.2) is 4.79 Å². The number of hydrogen-bond acceptors (Lipinski definition) is 3. The average molecular weight is 428 g/mol. The molecule has 1 unspecified atom stereocenters. The zero-order valence-corrected chi connectivity index (χ0v) is 18.7. The molecular weight excluding hydrogens is 398 g/mol. The van der Waals surface area contributed by atoms with Crippen LogP contribution >= 0.6 is 0 Å². The minimum atomic E-state index is -0.275. The Bertz CT molecular complexity index is 1230. The molecule has 1 aromatic heterocycles. The highest BCUT2D eigenvalue weighted by atomic mass is 16.5. The molecule has 0 saturated heterocycles. The van der Waals surface area contributed by atoms with Crippen LogP contribution in [0, 0.1) is 0 Å². The van der Waals surface area contributed by atoms with Crippen LogP contribution in [-0.2, 0) is 20.9 Å². The Morgan fingerprint density at radius 2 is 1.94 bits per heavy atom. The van der Waals surface area contributed by atoms with Crippen molar-refractivity contribution >= 4 is 22.7 Å². The first-order valence-electron chi connectivity index (χ1n) is 12.0. The first-order chi connectivity index (χ1) is 15.7. The minimum absolute atomic E-state index is 0.0944. The van der Waals surface area contributed by atoms with Crippen molar-refractivity contribution < 1.29 is 14.3 Å². The number of ketones is 1. The third-order valence-corrected chi connectivity index (χ3v) is 8.05. The average Bonchev–Trinajstić information content (AvgIpc) is 3.38. The number of benzene rings is 1. The number of para-hydroxylation sites is 1. The molecule has 0 amide bonds. The maximum absolute atomic E-state index is 12.6. The second-order valence-electron chi connectivity index (χ2n) is 9.73.